The summed E-state index contributed by atoms with van der Waals surface area (Å²) in [4.78, 5) is 11.0. The van der Waals surface area contributed by atoms with E-state index in [1.165, 1.54) is 0 Å². The smallest absolute Gasteiger partial charge is 0.355 e. The molecule has 0 aliphatic heterocycles. The SMILES string of the molecule is NCCCCC(=O)NCCSC(F)(F)F. The van der Waals surface area contributed by atoms with Gasteiger partial charge in [-0.25, -0.2) is 0 Å². The van der Waals surface area contributed by atoms with Crippen molar-refractivity contribution in [2.24, 2.45) is 5.73 Å². The van der Waals surface area contributed by atoms with Crippen molar-refractivity contribution in [2.75, 3.05) is 18.8 Å². The van der Waals surface area contributed by atoms with Crippen LogP contribution in [0.1, 0.15) is 19.3 Å². The first kappa shape index (κ1) is 14.6. The van der Waals surface area contributed by atoms with E-state index in [1.807, 2.05) is 0 Å². The molecule has 15 heavy (non-hydrogen) atoms. The minimum absolute atomic E-state index is 0.0473. The molecule has 0 aromatic heterocycles. The van der Waals surface area contributed by atoms with Gasteiger partial charge in [-0.2, -0.15) is 13.2 Å². The van der Waals surface area contributed by atoms with Crippen molar-refractivity contribution in [2.45, 2.75) is 24.8 Å². The van der Waals surface area contributed by atoms with Crippen molar-refractivity contribution >= 4 is 17.7 Å². The predicted octanol–water partition coefficient (Wildman–Crippen LogP) is 1.48. The third kappa shape index (κ3) is 11.5. The van der Waals surface area contributed by atoms with Crippen molar-refractivity contribution < 1.29 is 18.0 Å². The van der Waals surface area contributed by atoms with E-state index in [4.69, 9.17) is 5.73 Å². The number of halogens is 3. The Hall–Kier alpha value is -0.430. The number of rotatable bonds is 7. The number of nitrogens with two attached hydrogens (primary N) is 1. The Labute approximate surface area is 91.0 Å². The summed E-state index contributed by atoms with van der Waals surface area (Å²) in [5.41, 5.74) is 1.01. The highest BCUT2D eigenvalue weighted by Gasteiger charge is 2.27. The van der Waals surface area contributed by atoms with E-state index in [0.717, 1.165) is 6.42 Å². The molecule has 0 aromatic rings. The molecule has 0 spiro atoms. The van der Waals surface area contributed by atoms with Gasteiger partial charge in [-0.3, -0.25) is 4.79 Å². The Bertz CT molecular complexity index is 187. The second kappa shape index (κ2) is 7.81. The van der Waals surface area contributed by atoms with Gasteiger partial charge >= 0.3 is 5.51 Å². The maximum Gasteiger partial charge on any atom is 0.441 e. The summed E-state index contributed by atoms with van der Waals surface area (Å²) in [5.74, 6) is -0.363. The molecule has 0 bridgehead atoms. The van der Waals surface area contributed by atoms with Crippen LogP contribution in [0.15, 0.2) is 0 Å². The fourth-order valence-corrected chi connectivity index (χ4v) is 1.31. The zero-order chi connectivity index (χ0) is 11.7. The van der Waals surface area contributed by atoms with E-state index >= 15 is 0 Å². The maximum atomic E-state index is 11.7. The molecule has 0 radical (unpaired) electrons. The lowest BCUT2D eigenvalue weighted by molar-refractivity contribution is -0.121. The number of carbonyl (C=O) groups is 1. The number of hydrogen-bond acceptors (Lipinski definition) is 3. The molecule has 0 aliphatic rings. The Balaban J connectivity index is 3.32. The molecule has 0 saturated carbocycles. The zero-order valence-corrected chi connectivity index (χ0v) is 9.09. The van der Waals surface area contributed by atoms with Crippen LogP contribution in [0.3, 0.4) is 0 Å². The lowest BCUT2D eigenvalue weighted by Crippen LogP contribution is -2.26. The molecule has 3 nitrogen and oxygen atoms in total. The summed E-state index contributed by atoms with van der Waals surface area (Å²) in [7, 11) is 0. The second-order valence-corrected chi connectivity index (χ2v) is 4.05. The molecule has 0 heterocycles. The van der Waals surface area contributed by atoms with E-state index in [9.17, 15) is 18.0 Å². The average Bonchev–Trinajstić information content (AvgIpc) is 2.11. The number of amides is 1. The fourth-order valence-electron chi connectivity index (χ4n) is 0.875. The number of carbonyl (C=O) groups excluding carboxylic acids is 1. The van der Waals surface area contributed by atoms with Crippen molar-refractivity contribution in [3.63, 3.8) is 0 Å². The van der Waals surface area contributed by atoms with Crippen LogP contribution in [0.4, 0.5) is 13.2 Å². The number of nitrogens with one attached hydrogen (secondary N) is 1. The molecule has 0 rings (SSSR count). The molecular formula is C8H15F3N2OS. The molecule has 0 aromatic carbocycles. The quantitative estimate of drug-likeness (QED) is 0.667. The van der Waals surface area contributed by atoms with Crippen LogP contribution in [0.2, 0.25) is 0 Å². The molecule has 90 valence electrons. The maximum absolute atomic E-state index is 11.7. The van der Waals surface area contributed by atoms with Gasteiger partial charge in [0.25, 0.3) is 0 Å². The Morgan fingerprint density at radius 1 is 1.33 bits per heavy atom. The minimum atomic E-state index is -4.22. The van der Waals surface area contributed by atoms with Crippen LogP contribution >= 0.6 is 11.8 Å². The Morgan fingerprint density at radius 3 is 2.53 bits per heavy atom. The first-order chi connectivity index (χ1) is 6.95. The highest BCUT2D eigenvalue weighted by Crippen LogP contribution is 2.29. The van der Waals surface area contributed by atoms with Crippen LogP contribution in [0, 0.1) is 0 Å². The van der Waals surface area contributed by atoms with Gasteiger partial charge in [-0.1, -0.05) is 0 Å². The topological polar surface area (TPSA) is 55.1 Å². The third-order valence-electron chi connectivity index (χ3n) is 1.55. The highest BCUT2D eigenvalue weighted by molar-refractivity contribution is 8.00. The van der Waals surface area contributed by atoms with E-state index in [1.54, 1.807) is 0 Å². The number of hydrogen-bond donors (Lipinski definition) is 2. The molecule has 0 atom stereocenters. The van der Waals surface area contributed by atoms with Crippen LogP contribution in [0.5, 0.6) is 0 Å². The van der Waals surface area contributed by atoms with E-state index in [0.29, 0.717) is 19.4 Å². The molecule has 0 aliphatic carbocycles. The fraction of sp³-hybridized carbons (Fsp3) is 0.875. The van der Waals surface area contributed by atoms with Crippen molar-refractivity contribution in [3.8, 4) is 0 Å². The van der Waals surface area contributed by atoms with Gasteiger partial charge in [0.1, 0.15) is 0 Å². The normalized spacial score (nSPS) is 11.5. The molecule has 0 fully saturated rings. The number of unbranched alkanes of at least 4 members (excludes halogenated alkanes) is 1. The minimum Gasteiger partial charge on any atom is -0.355 e. The highest BCUT2D eigenvalue weighted by atomic mass is 32.2. The molecular weight excluding hydrogens is 229 g/mol. The summed E-state index contributed by atoms with van der Waals surface area (Å²) >= 11 is -0.131. The zero-order valence-electron chi connectivity index (χ0n) is 8.27. The first-order valence-corrected chi connectivity index (χ1v) is 5.61. The largest absolute Gasteiger partial charge is 0.441 e. The van der Waals surface area contributed by atoms with Gasteiger partial charge in [0.05, 0.1) is 0 Å². The van der Waals surface area contributed by atoms with Crippen molar-refractivity contribution in [1.29, 1.82) is 0 Å². The van der Waals surface area contributed by atoms with Crippen LogP contribution in [-0.4, -0.2) is 30.3 Å². The lowest BCUT2D eigenvalue weighted by Gasteiger charge is -2.06. The van der Waals surface area contributed by atoms with Crippen molar-refractivity contribution in [3.05, 3.63) is 0 Å². The second-order valence-electron chi connectivity index (χ2n) is 2.89. The van der Waals surface area contributed by atoms with E-state index < -0.39 is 5.51 Å². The molecule has 0 saturated heterocycles. The van der Waals surface area contributed by atoms with Gasteiger partial charge in [0.15, 0.2) is 0 Å². The Morgan fingerprint density at radius 2 is 2.00 bits per heavy atom. The molecule has 0 unspecified atom stereocenters. The number of thioether (sulfide) groups is 1. The van der Waals surface area contributed by atoms with Gasteiger partial charge < -0.3 is 11.1 Å². The van der Waals surface area contributed by atoms with Crippen LogP contribution in [0.25, 0.3) is 0 Å². The molecule has 7 heteroatoms. The number of alkyl halides is 3. The van der Waals surface area contributed by atoms with E-state index in [2.05, 4.69) is 5.32 Å². The van der Waals surface area contributed by atoms with Gasteiger partial charge in [-0.05, 0) is 31.1 Å². The average molecular weight is 244 g/mol. The standard InChI is InChI=1S/C8H15F3N2OS/c9-8(10,11)15-6-5-13-7(14)3-1-2-4-12/h1-6,12H2,(H,13,14). The summed E-state index contributed by atoms with van der Waals surface area (Å²) in [6.45, 7) is 0.572. The third-order valence-corrected chi connectivity index (χ3v) is 2.28. The predicted molar refractivity (Wildman–Crippen MR) is 54.4 cm³/mol. The first-order valence-electron chi connectivity index (χ1n) is 4.63. The summed E-state index contributed by atoms with van der Waals surface area (Å²) < 4.78 is 35.0. The van der Waals surface area contributed by atoms with Gasteiger partial charge in [0.2, 0.25) is 5.91 Å². The molecule has 3 N–H and O–H groups in total. The summed E-state index contributed by atoms with van der Waals surface area (Å²) in [6, 6.07) is 0. The van der Waals surface area contributed by atoms with Gasteiger partial charge in [0, 0.05) is 18.7 Å². The lowest BCUT2D eigenvalue weighted by atomic mass is 10.2. The Kier molecular flexibility index (Phi) is 7.59. The van der Waals surface area contributed by atoms with Crippen LogP contribution < -0.4 is 11.1 Å². The van der Waals surface area contributed by atoms with E-state index in [-0.39, 0.29) is 30.0 Å². The summed E-state index contributed by atoms with van der Waals surface area (Å²) in [5, 5.41) is 2.41. The van der Waals surface area contributed by atoms with Crippen LogP contribution in [-0.2, 0) is 4.79 Å². The van der Waals surface area contributed by atoms with Crippen molar-refractivity contribution in [1.82, 2.24) is 5.32 Å². The molecule has 1 amide bonds. The summed E-state index contributed by atoms with van der Waals surface area (Å²) in [6.07, 6.45) is 1.76. The monoisotopic (exact) mass is 244 g/mol. The van der Waals surface area contributed by atoms with Gasteiger partial charge in [-0.15, -0.1) is 0 Å².